The fraction of sp³-hybridized carbons (Fsp3) is 0.600. The van der Waals surface area contributed by atoms with Crippen LogP contribution >= 0.6 is 0 Å². The average molecular weight is 264 g/mol. The first-order valence-corrected chi connectivity index (χ1v) is 6.88. The van der Waals surface area contributed by atoms with Crippen molar-refractivity contribution in [1.29, 1.82) is 0 Å². The van der Waals surface area contributed by atoms with Gasteiger partial charge in [0.1, 0.15) is 0 Å². The van der Waals surface area contributed by atoms with Crippen LogP contribution in [0.5, 0.6) is 0 Å². The van der Waals surface area contributed by atoms with Crippen LogP contribution in [-0.4, -0.2) is 37.5 Å². The summed E-state index contributed by atoms with van der Waals surface area (Å²) in [6, 6.07) is 8.10. The van der Waals surface area contributed by atoms with Crippen molar-refractivity contribution in [2.24, 2.45) is 5.73 Å². The van der Waals surface area contributed by atoms with E-state index in [2.05, 4.69) is 11.0 Å². The fourth-order valence-corrected chi connectivity index (χ4v) is 2.66. The van der Waals surface area contributed by atoms with Gasteiger partial charge in [0.25, 0.3) is 0 Å². The van der Waals surface area contributed by atoms with Crippen molar-refractivity contribution in [3.63, 3.8) is 0 Å². The van der Waals surface area contributed by atoms with Crippen molar-refractivity contribution in [3.8, 4) is 0 Å². The maximum absolute atomic E-state index is 10.6. The number of rotatable bonds is 4. The minimum Gasteiger partial charge on any atom is -0.388 e. The number of nitrogens with two attached hydrogens (primary N) is 1. The molecule has 106 valence electrons. The summed E-state index contributed by atoms with van der Waals surface area (Å²) in [4.78, 5) is 2.10. The van der Waals surface area contributed by atoms with Gasteiger partial charge in [-0.05, 0) is 18.6 Å². The predicted octanol–water partition coefficient (Wildman–Crippen LogP) is 1.68. The Hall–Kier alpha value is -1.10. The number of likely N-dealkylation sites (N-methyl/N-ethyl adjacent to an activating group) is 1. The van der Waals surface area contributed by atoms with Crippen LogP contribution in [-0.2, 0) is 4.74 Å². The minimum atomic E-state index is -0.655. The lowest BCUT2D eigenvalue weighted by atomic mass is 9.93. The van der Waals surface area contributed by atoms with Gasteiger partial charge in [0.2, 0.25) is 0 Å². The highest BCUT2D eigenvalue weighted by Crippen LogP contribution is 2.28. The molecule has 3 N–H and O–H groups in total. The molecule has 1 aliphatic rings. The van der Waals surface area contributed by atoms with Crippen LogP contribution in [0.2, 0.25) is 0 Å². The highest BCUT2D eigenvalue weighted by atomic mass is 16.5. The molecule has 1 saturated heterocycles. The quantitative estimate of drug-likeness (QED) is 0.869. The highest BCUT2D eigenvalue weighted by molar-refractivity contribution is 5.54. The van der Waals surface area contributed by atoms with Gasteiger partial charge in [-0.15, -0.1) is 0 Å². The van der Waals surface area contributed by atoms with Gasteiger partial charge in [0.05, 0.1) is 5.60 Å². The standard InChI is InChI=1S/C15H24N2O2/c1-12(16)13-5-3-4-6-14(13)17(2)11-15(18)7-9-19-10-8-15/h3-6,12,18H,7-11,16H2,1-2H3. The number of ether oxygens (including phenoxy) is 1. The van der Waals surface area contributed by atoms with Crippen LogP contribution in [0.25, 0.3) is 0 Å². The number of anilines is 1. The number of hydrogen-bond acceptors (Lipinski definition) is 4. The van der Waals surface area contributed by atoms with E-state index in [0.717, 1.165) is 11.3 Å². The summed E-state index contributed by atoms with van der Waals surface area (Å²) in [6.45, 7) is 3.87. The molecule has 1 aliphatic heterocycles. The van der Waals surface area contributed by atoms with Crippen LogP contribution < -0.4 is 10.6 Å². The van der Waals surface area contributed by atoms with Crippen LogP contribution in [0.3, 0.4) is 0 Å². The largest absolute Gasteiger partial charge is 0.388 e. The van der Waals surface area contributed by atoms with E-state index < -0.39 is 5.60 Å². The smallest absolute Gasteiger partial charge is 0.0865 e. The third-order valence-corrected chi connectivity index (χ3v) is 3.79. The number of hydrogen-bond donors (Lipinski definition) is 2. The molecule has 0 aromatic heterocycles. The molecule has 4 heteroatoms. The van der Waals surface area contributed by atoms with E-state index in [1.165, 1.54) is 0 Å². The van der Waals surface area contributed by atoms with Gasteiger partial charge in [-0.2, -0.15) is 0 Å². The molecule has 1 aromatic carbocycles. The molecule has 2 rings (SSSR count). The zero-order valence-electron chi connectivity index (χ0n) is 11.8. The third kappa shape index (κ3) is 3.47. The van der Waals surface area contributed by atoms with E-state index in [-0.39, 0.29) is 6.04 Å². The van der Waals surface area contributed by atoms with E-state index in [4.69, 9.17) is 10.5 Å². The molecule has 0 aliphatic carbocycles. The van der Waals surface area contributed by atoms with Crippen LogP contribution in [0.1, 0.15) is 31.4 Å². The Morgan fingerprint density at radius 2 is 2.00 bits per heavy atom. The second-order valence-electron chi connectivity index (χ2n) is 5.54. The second-order valence-corrected chi connectivity index (χ2v) is 5.54. The molecule has 1 atom stereocenters. The van der Waals surface area contributed by atoms with Gasteiger partial charge < -0.3 is 20.5 Å². The molecule has 1 fully saturated rings. The molecular weight excluding hydrogens is 240 g/mol. The lowest BCUT2D eigenvalue weighted by Crippen LogP contribution is -2.46. The summed E-state index contributed by atoms with van der Waals surface area (Å²) in [5.74, 6) is 0. The third-order valence-electron chi connectivity index (χ3n) is 3.79. The summed E-state index contributed by atoms with van der Waals surface area (Å²) >= 11 is 0. The Kier molecular flexibility index (Phi) is 4.45. The zero-order chi connectivity index (χ0) is 13.9. The van der Waals surface area contributed by atoms with Gasteiger partial charge in [0.15, 0.2) is 0 Å². The first-order valence-electron chi connectivity index (χ1n) is 6.88. The molecule has 1 unspecified atom stereocenters. The summed E-state index contributed by atoms with van der Waals surface area (Å²) in [7, 11) is 2.01. The van der Waals surface area contributed by atoms with Crippen LogP contribution in [0.15, 0.2) is 24.3 Å². The van der Waals surface area contributed by atoms with E-state index in [0.29, 0.717) is 32.6 Å². The molecule has 1 aromatic rings. The highest BCUT2D eigenvalue weighted by Gasteiger charge is 2.31. The Morgan fingerprint density at radius 3 is 2.63 bits per heavy atom. The van der Waals surface area contributed by atoms with Crippen molar-refractivity contribution in [2.45, 2.75) is 31.4 Å². The Labute approximate surface area is 115 Å². The minimum absolute atomic E-state index is 0.0111. The summed E-state index contributed by atoms with van der Waals surface area (Å²) in [5, 5.41) is 10.6. The number of aliphatic hydroxyl groups is 1. The summed E-state index contributed by atoms with van der Waals surface area (Å²) in [5.41, 5.74) is 7.56. The fourth-order valence-electron chi connectivity index (χ4n) is 2.66. The van der Waals surface area contributed by atoms with E-state index in [1.807, 2.05) is 32.2 Å². The lowest BCUT2D eigenvalue weighted by Gasteiger charge is -2.37. The Balaban J connectivity index is 2.13. The number of benzene rings is 1. The van der Waals surface area contributed by atoms with Gasteiger partial charge in [-0.25, -0.2) is 0 Å². The number of nitrogens with zero attached hydrogens (tertiary/aromatic N) is 1. The predicted molar refractivity (Wildman–Crippen MR) is 77.3 cm³/mol. The molecule has 0 radical (unpaired) electrons. The van der Waals surface area contributed by atoms with Crippen molar-refractivity contribution >= 4 is 5.69 Å². The van der Waals surface area contributed by atoms with Crippen LogP contribution in [0, 0.1) is 0 Å². The van der Waals surface area contributed by atoms with Gasteiger partial charge in [-0.1, -0.05) is 18.2 Å². The molecular formula is C15H24N2O2. The molecule has 0 saturated carbocycles. The van der Waals surface area contributed by atoms with Gasteiger partial charge in [0, 0.05) is 51.4 Å². The molecule has 1 heterocycles. The molecule has 4 nitrogen and oxygen atoms in total. The molecule has 0 amide bonds. The van der Waals surface area contributed by atoms with E-state index >= 15 is 0 Å². The maximum Gasteiger partial charge on any atom is 0.0865 e. The zero-order valence-corrected chi connectivity index (χ0v) is 11.8. The van der Waals surface area contributed by atoms with Gasteiger partial charge in [-0.3, -0.25) is 0 Å². The average Bonchev–Trinajstić information content (AvgIpc) is 2.39. The van der Waals surface area contributed by atoms with E-state index in [1.54, 1.807) is 0 Å². The van der Waals surface area contributed by atoms with Crippen LogP contribution in [0.4, 0.5) is 5.69 Å². The SMILES string of the molecule is CC(N)c1ccccc1N(C)CC1(O)CCOCC1. The van der Waals surface area contributed by atoms with Crippen molar-refractivity contribution in [1.82, 2.24) is 0 Å². The lowest BCUT2D eigenvalue weighted by molar-refractivity contribution is -0.0572. The normalized spacial score (nSPS) is 20.0. The Morgan fingerprint density at radius 1 is 1.37 bits per heavy atom. The van der Waals surface area contributed by atoms with E-state index in [9.17, 15) is 5.11 Å². The topological polar surface area (TPSA) is 58.7 Å². The van der Waals surface area contributed by atoms with Crippen molar-refractivity contribution in [2.75, 3.05) is 31.7 Å². The number of para-hydroxylation sites is 1. The molecule has 19 heavy (non-hydrogen) atoms. The Bertz CT molecular complexity index is 414. The maximum atomic E-state index is 10.6. The first-order chi connectivity index (χ1) is 9.02. The molecule has 0 spiro atoms. The van der Waals surface area contributed by atoms with Gasteiger partial charge >= 0.3 is 0 Å². The summed E-state index contributed by atoms with van der Waals surface area (Å²) < 4.78 is 5.32. The summed E-state index contributed by atoms with van der Waals surface area (Å²) in [6.07, 6.45) is 1.38. The van der Waals surface area contributed by atoms with Crippen molar-refractivity contribution in [3.05, 3.63) is 29.8 Å². The molecule has 0 bridgehead atoms. The van der Waals surface area contributed by atoms with Crippen molar-refractivity contribution < 1.29 is 9.84 Å². The monoisotopic (exact) mass is 264 g/mol. The first kappa shape index (κ1) is 14.3. The second kappa shape index (κ2) is 5.90.